The smallest absolute Gasteiger partial charge is 0.243 e. The first-order valence-corrected chi connectivity index (χ1v) is 9.24. The van der Waals surface area contributed by atoms with Crippen molar-refractivity contribution in [3.8, 4) is 0 Å². The van der Waals surface area contributed by atoms with Crippen molar-refractivity contribution in [1.82, 2.24) is 9.62 Å². The Bertz CT molecular complexity index is 561. The Kier molecular flexibility index (Phi) is 5.41. The molecule has 0 aromatic heterocycles. The first-order chi connectivity index (χ1) is 9.96. The fourth-order valence-corrected chi connectivity index (χ4v) is 5.03. The highest BCUT2D eigenvalue weighted by atomic mass is 32.2. The highest BCUT2D eigenvalue weighted by molar-refractivity contribution is 7.89. The summed E-state index contributed by atoms with van der Waals surface area (Å²) in [6, 6.07) is 7.46. The summed E-state index contributed by atoms with van der Waals surface area (Å²) in [5.41, 5.74) is 1.01. The van der Waals surface area contributed by atoms with Crippen molar-refractivity contribution < 1.29 is 8.42 Å². The summed E-state index contributed by atoms with van der Waals surface area (Å²) in [7, 11) is -3.40. The van der Waals surface area contributed by atoms with Crippen LogP contribution >= 0.6 is 0 Å². The lowest BCUT2D eigenvalue weighted by Gasteiger charge is -2.37. The molecule has 1 aliphatic rings. The molecule has 1 aromatic carbocycles. The molecule has 2 rings (SSSR count). The minimum absolute atomic E-state index is 0.0798. The van der Waals surface area contributed by atoms with Gasteiger partial charge in [0, 0.05) is 18.6 Å². The van der Waals surface area contributed by atoms with Crippen LogP contribution in [0.5, 0.6) is 0 Å². The molecule has 1 heterocycles. The molecule has 0 radical (unpaired) electrons. The van der Waals surface area contributed by atoms with Gasteiger partial charge in [0.05, 0.1) is 4.90 Å². The van der Waals surface area contributed by atoms with Gasteiger partial charge in [-0.3, -0.25) is 0 Å². The minimum Gasteiger partial charge on any atom is -0.313 e. The number of rotatable bonds is 5. The normalized spacial score (nSPS) is 24.1. The Morgan fingerprint density at radius 1 is 1.24 bits per heavy atom. The lowest BCUT2D eigenvalue weighted by molar-refractivity contribution is 0.204. The van der Waals surface area contributed by atoms with Gasteiger partial charge in [-0.15, -0.1) is 0 Å². The lowest BCUT2D eigenvalue weighted by atomic mass is 10.0. The van der Waals surface area contributed by atoms with E-state index in [2.05, 4.69) is 5.32 Å². The first kappa shape index (κ1) is 16.5. The summed E-state index contributed by atoms with van der Waals surface area (Å²) >= 11 is 0. The number of piperidine rings is 1. The van der Waals surface area contributed by atoms with Gasteiger partial charge in [-0.25, -0.2) is 8.42 Å². The number of hydrogen-bond acceptors (Lipinski definition) is 3. The van der Waals surface area contributed by atoms with Crippen LogP contribution in [0.15, 0.2) is 29.2 Å². The van der Waals surface area contributed by atoms with Crippen molar-refractivity contribution in [3.05, 3.63) is 29.8 Å². The largest absolute Gasteiger partial charge is 0.313 e. The Labute approximate surface area is 128 Å². The van der Waals surface area contributed by atoms with E-state index in [4.69, 9.17) is 0 Å². The number of sulfonamides is 1. The SMILES string of the molecule is CCNCc1cccc(S(=O)(=O)N2C(C)CCCC2C)c1. The molecular weight excluding hydrogens is 284 g/mol. The fourth-order valence-electron chi connectivity index (χ4n) is 3.08. The van der Waals surface area contributed by atoms with Crippen LogP contribution < -0.4 is 5.32 Å². The maximum absolute atomic E-state index is 12.9. The second-order valence-electron chi connectivity index (χ2n) is 5.89. The van der Waals surface area contributed by atoms with E-state index in [0.29, 0.717) is 11.4 Å². The average Bonchev–Trinajstić information content (AvgIpc) is 2.45. The van der Waals surface area contributed by atoms with Crippen LogP contribution in [0.3, 0.4) is 0 Å². The van der Waals surface area contributed by atoms with Gasteiger partial charge in [0.25, 0.3) is 0 Å². The second kappa shape index (κ2) is 6.90. The van der Waals surface area contributed by atoms with E-state index in [-0.39, 0.29) is 12.1 Å². The number of hydrogen-bond donors (Lipinski definition) is 1. The number of nitrogens with zero attached hydrogens (tertiary/aromatic N) is 1. The summed E-state index contributed by atoms with van der Waals surface area (Å²) in [6.45, 7) is 7.63. The lowest BCUT2D eigenvalue weighted by Crippen LogP contribution is -2.47. The summed E-state index contributed by atoms with van der Waals surface area (Å²) in [5, 5.41) is 3.23. The van der Waals surface area contributed by atoms with Crippen LogP contribution in [0.2, 0.25) is 0 Å². The predicted octanol–water partition coefficient (Wildman–Crippen LogP) is 2.75. The van der Waals surface area contributed by atoms with Crippen LogP contribution in [0, 0.1) is 0 Å². The van der Waals surface area contributed by atoms with Gasteiger partial charge in [-0.2, -0.15) is 4.31 Å². The standard InChI is InChI=1S/C16H26N2O2S/c1-4-17-12-15-9-6-10-16(11-15)21(19,20)18-13(2)7-5-8-14(18)3/h6,9-11,13-14,17H,4-5,7-8,12H2,1-3H3. The van der Waals surface area contributed by atoms with Gasteiger partial charge in [-0.1, -0.05) is 25.5 Å². The van der Waals surface area contributed by atoms with E-state index >= 15 is 0 Å². The van der Waals surface area contributed by atoms with Gasteiger partial charge in [0.2, 0.25) is 10.0 Å². The van der Waals surface area contributed by atoms with Crippen molar-refractivity contribution in [1.29, 1.82) is 0 Å². The summed E-state index contributed by atoms with van der Waals surface area (Å²) in [5.74, 6) is 0. The fraction of sp³-hybridized carbons (Fsp3) is 0.625. The van der Waals surface area contributed by atoms with E-state index < -0.39 is 10.0 Å². The van der Waals surface area contributed by atoms with Crippen molar-refractivity contribution in [2.24, 2.45) is 0 Å². The molecule has 0 bridgehead atoms. The molecule has 1 aromatic rings. The molecule has 5 heteroatoms. The third-order valence-electron chi connectivity index (χ3n) is 4.17. The molecule has 1 saturated heterocycles. The Morgan fingerprint density at radius 3 is 2.52 bits per heavy atom. The Balaban J connectivity index is 2.30. The Hall–Kier alpha value is -0.910. The van der Waals surface area contributed by atoms with Crippen LogP contribution in [0.1, 0.15) is 45.6 Å². The maximum atomic E-state index is 12.9. The molecule has 0 saturated carbocycles. The number of nitrogens with one attached hydrogen (secondary N) is 1. The molecule has 0 amide bonds. The van der Waals surface area contributed by atoms with E-state index in [1.54, 1.807) is 16.4 Å². The average molecular weight is 310 g/mol. The highest BCUT2D eigenvalue weighted by Gasteiger charge is 2.35. The summed E-state index contributed by atoms with van der Waals surface area (Å²) in [6.07, 6.45) is 3.00. The molecular formula is C16H26N2O2S. The summed E-state index contributed by atoms with van der Waals surface area (Å²) in [4.78, 5) is 0.415. The predicted molar refractivity (Wildman–Crippen MR) is 85.6 cm³/mol. The zero-order chi connectivity index (χ0) is 15.5. The molecule has 2 atom stereocenters. The molecule has 1 N–H and O–H groups in total. The van der Waals surface area contributed by atoms with Crippen LogP contribution in [-0.4, -0.2) is 31.4 Å². The van der Waals surface area contributed by atoms with Crippen LogP contribution in [-0.2, 0) is 16.6 Å². The van der Waals surface area contributed by atoms with Crippen LogP contribution in [0.25, 0.3) is 0 Å². The molecule has 1 aliphatic heterocycles. The van der Waals surface area contributed by atoms with Crippen molar-refractivity contribution in [2.45, 2.75) is 63.6 Å². The molecule has 21 heavy (non-hydrogen) atoms. The third-order valence-corrected chi connectivity index (χ3v) is 6.29. The molecule has 4 nitrogen and oxygen atoms in total. The molecule has 118 valence electrons. The van der Waals surface area contributed by atoms with Gasteiger partial charge < -0.3 is 5.32 Å². The van der Waals surface area contributed by atoms with Gasteiger partial charge in [0.1, 0.15) is 0 Å². The second-order valence-corrected chi connectivity index (χ2v) is 7.73. The zero-order valence-electron chi connectivity index (χ0n) is 13.2. The molecule has 2 unspecified atom stereocenters. The van der Waals surface area contributed by atoms with Crippen molar-refractivity contribution in [2.75, 3.05) is 6.54 Å². The van der Waals surface area contributed by atoms with Gasteiger partial charge >= 0.3 is 0 Å². The third kappa shape index (κ3) is 3.65. The van der Waals surface area contributed by atoms with Crippen molar-refractivity contribution in [3.63, 3.8) is 0 Å². The topological polar surface area (TPSA) is 49.4 Å². The van der Waals surface area contributed by atoms with E-state index in [1.807, 2.05) is 32.9 Å². The summed E-state index contributed by atoms with van der Waals surface area (Å²) < 4.78 is 27.6. The Morgan fingerprint density at radius 2 is 1.90 bits per heavy atom. The van der Waals surface area contributed by atoms with E-state index in [9.17, 15) is 8.42 Å². The highest BCUT2D eigenvalue weighted by Crippen LogP contribution is 2.29. The number of benzene rings is 1. The van der Waals surface area contributed by atoms with Gasteiger partial charge in [-0.05, 0) is 50.9 Å². The van der Waals surface area contributed by atoms with Gasteiger partial charge in [0.15, 0.2) is 0 Å². The monoisotopic (exact) mass is 310 g/mol. The van der Waals surface area contributed by atoms with Crippen LogP contribution in [0.4, 0.5) is 0 Å². The zero-order valence-corrected chi connectivity index (χ0v) is 14.0. The minimum atomic E-state index is -3.40. The van der Waals surface area contributed by atoms with E-state index in [0.717, 1.165) is 31.4 Å². The van der Waals surface area contributed by atoms with E-state index in [1.165, 1.54) is 0 Å². The first-order valence-electron chi connectivity index (χ1n) is 7.80. The molecule has 1 fully saturated rings. The van der Waals surface area contributed by atoms with Crippen molar-refractivity contribution >= 4 is 10.0 Å². The maximum Gasteiger partial charge on any atom is 0.243 e. The molecule has 0 aliphatic carbocycles. The quantitative estimate of drug-likeness (QED) is 0.910. The molecule has 0 spiro atoms.